The van der Waals surface area contributed by atoms with Crippen LogP contribution in [0, 0.1) is 0 Å². The SMILES string of the molecule is CC1=C(C=O)C(I)=CCN1C. The zero-order valence-corrected chi connectivity index (χ0v) is 8.75. The Balaban J connectivity index is 3.05. The number of rotatable bonds is 1. The average molecular weight is 263 g/mol. The molecule has 1 aliphatic heterocycles. The second-order valence-corrected chi connectivity index (χ2v) is 3.71. The van der Waals surface area contributed by atoms with E-state index in [0.717, 1.165) is 27.7 Å². The lowest BCUT2D eigenvalue weighted by Crippen LogP contribution is -2.21. The van der Waals surface area contributed by atoms with Gasteiger partial charge in [0.2, 0.25) is 0 Å². The van der Waals surface area contributed by atoms with Crippen molar-refractivity contribution >= 4 is 28.9 Å². The highest BCUT2D eigenvalue weighted by Gasteiger charge is 2.12. The van der Waals surface area contributed by atoms with Crippen molar-refractivity contribution < 1.29 is 4.79 Å². The number of aldehydes is 1. The van der Waals surface area contributed by atoms with Gasteiger partial charge in [0.25, 0.3) is 0 Å². The molecule has 0 amide bonds. The zero-order chi connectivity index (χ0) is 8.43. The third-order valence-electron chi connectivity index (χ3n) is 1.88. The molecule has 0 spiro atoms. The van der Waals surface area contributed by atoms with Crippen molar-refractivity contribution in [2.45, 2.75) is 6.92 Å². The van der Waals surface area contributed by atoms with Crippen molar-refractivity contribution in [3.05, 3.63) is 20.9 Å². The molecule has 60 valence electrons. The van der Waals surface area contributed by atoms with E-state index in [-0.39, 0.29) is 0 Å². The molecule has 11 heavy (non-hydrogen) atoms. The Morgan fingerprint density at radius 2 is 2.36 bits per heavy atom. The minimum atomic E-state index is 0.819. The van der Waals surface area contributed by atoms with Crippen LogP contribution in [-0.2, 0) is 4.79 Å². The predicted molar refractivity (Wildman–Crippen MR) is 53.5 cm³/mol. The molecule has 0 atom stereocenters. The van der Waals surface area contributed by atoms with Gasteiger partial charge in [0.1, 0.15) is 0 Å². The summed E-state index contributed by atoms with van der Waals surface area (Å²) in [6, 6.07) is 0. The van der Waals surface area contributed by atoms with Crippen molar-refractivity contribution in [3.63, 3.8) is 0 Å². The minimum absolute atomic E-state index is 0.819. The maximum absolute atomic E-state index is 10.6. The van der Waals surface area contributed by atoms with E-state index in [9.17, 15) is 4.79 Å². The molecule has 2 nitrogen and oxygen atoms in total. The molecular weight excluding hydrogens is 253 g/mol. The maximum atomic E-state index is 10.6. The largest absolute Gasteiger partial charge is 0.374 e. The minimum Gasteiger partial charge on any atom is -0.374 e. The van der Waals surface area contributed by atoms with Gasteiger partial charge in [-0.25, -0.2) is 0 Å². The summed E-state index contributed by atoms with van der Waals surface area (Å²) in [4.78, 5) is 12.7. The Hall–Kier alpha value is -0.320. The second-order valence-electron chi connectivity index (χ2n) is 2.55. The number of nitrogens with zero attached hydrogens (tertiary/aromatic N) is 1. The molecule has 0 radical (unpaired) electrons. The summed E-state index contributed by atoms with van der Waals surface area (Å²) in [5.41, 5.74) is 1.88. The van der Waals surface area contributed by atoms with Gasteiger partial charge in [-0.1, -0.05) is 6.08 Å². The summed E-state index contributed by atoms with van der Waals surface area (Å²) >= 11 is 2.19. The molecule has 1 heterocycles. The Kier molecular flexibility index (Phi) is 2.70. The average Bonchev–Trinajstić information content (AvgIpc) is 1.99. The Morgan fingerprint density at radius 3 is 2.82 bits per heavy atom. The topological polar surface area (TPSA) is 20.3 Å². The van der Waals surface area contributed by atoms with Crippen molar-refractivity contribution in [1.29, 1.82) is 0 Å². The highest BCUT2D eigenvalue weighted by atomic mass is 127. The Labute approximate surface area is 80.1 Å². The summed E-state index contributed by atoms with van der Waals surface area (Å²) in [6.07, 6.45) is 2.97. The monoisotopic (exact) mass is 263 g/mol. The van der Waals surface area contributed by atoms with Gasteiger partial charge in [-0.15, -0.1) is 0 Å². The van der Waals surface area contributed by atoms with Crippen LogP contribution in [0.3, 0.4) is 0 Å². The van der Waals surface area contributed by atoms with Gasteiger partial charge >= 0.3 is 0 Å². The molecule has 0 unspecified atom stereocenters. The van der Waals surface area contributed by atoms with Crippen LogP contribution in [0.5, 0.6) is 0 Å². The highest BCUT2D eigenvalue weighted by molar-refractivity contribution is 14.1. The van der Waals surface area contributed by atoms with Crippen molar-refractivity contribution in [3.8, 4) is 0 Å². The Bertz CT molecular complexity index is 242. The number of carbonyl (C=O) groups excluding carboxylic acids is 1. The van der Waals surface area contributed by atoms with E-state index in [1.54, 1.807) is 0 Å². The zero-order valence-electron chi connectivity index (χ0n) is 6.60. The lowest BCUT2D eigenvalue weighted by atomic mass is 10.1. The highest BCUT2D eigenvalue weighted by Crippen LogP contribution is 2.24. The molecular formula is C8H10INO. The lowest BCUT2D eigenvalue weighted by Gasteiger charge is -2.24. The molecule has 0 saturated heterocycles. The molecule has 0 saturated carbocycles. The van der Waals surface area contributed by atoms with E-state index in [4.69, 9.17) is 0 Å². The number of allylic oxidation sites excluding steroid dienone is 3. The van der Waals surface area contributed by atoms with Crippen LogP contribution in [0.1, 0.15) is 6.92 Å². The summed E-state index contributed by atoms with van der Waals surface area (Å²) in [5.74, 6) is 0. The van der Waals surface area contributed by atoms with Crippen LogP contribution in [0.15, 0.2) is 20.9 Å². The first-order valence-electron chi connectivity index (χ1n) is 3.40. The standard InChI is InChI=1S/C8H10INO/c1-6-7(5-11)8(9)3-4-10(6)2/h3,5H,4H2,1-2H3. The first kappa shape index (κ1) is 8.77. The summed E-state index contributed by atoms with van der Waals surface area (Å²) in [5, 5.41) is 0. The summed E-state index contributed by atoms with van der Waals surface area (Å²) < 4.78 is 1.06. The van der Waals surface area contributed by atoms with Gasteiger partial charge in [0, 0.05) is 28.4 Å². The number of hydrogen-bond donors (Lipinski definition) is 0. The third kappa shape index (κ3) is 1.64. The van der Waals surface area contributed by atoms with Crippen LogP contribution in [0.4, 0.5) is 0 Å². The van der Waals surface area contributed by atoms with Crippen LogP contribution < -0.4 is 0 Å². The molecule has 0 bridgehead atoms. The molecule has 0 N–H and O–H groups in total. The molecule has 0 aromatic rings. The number of halogens is 1. The molecule has 0 aromatic carbocycles. The van der Waals surface area contributed by atoms with E-state index in [1.807, 2.05) is 14.0 Å². The number of carbonyl (C=O) groups is 1. The molecule has 3 heteroatoms. The molecule has 0 aliphatic carbocycles. The first-order chi connectivity index (χ1) is 5.16. The predicted octanol–water partition coefficient (Wildman–Crippen LogP) is 1.72. The third-order valence-corrected chi connectivity index (χ3v) is 2.90. The smallest absolute Gasteiger partial charge is 0.152 e. The van der Waals surface area contributed by atoms with Crippen LogP contribution in [0.2, 0.25) is 0 Å². The fourth-order valence-corrected chi connectivity index (χ4v) is 1.70. The van der Waals surface area contributed by atoms with Gasteiger partial charge in [-0.2, -0.15) is 0 Å². The van der Waals surface area contributed by atoms with E-state index in [0.29, 0.717) is 0 Å². The molecule has 0 aromatic heterocycles. The van der Waals surface area contributed by atoms with Crippen LogP contribution in [0.25, 0.3) is 0 Å². The second kappa shape index (κ2) is 3.38. The van der Waals surface area contributed by atoms with E-state index >= 15 is 0 Å². The molecule has 0 fully saturated rings. The van der Waals surface area contributed by atoms with Gasteiger partial charge < -0.3 is 4.90 Å². The van der Waals surface area contributed by atoms with Crippen molar-refractivity contribution in [1.82, 2.24) is 4.90 Å². The van der Waals surface area contributed by atoms with Crippen LogP contribution in [-0.4, -0.2) is 24.8 Å². The van der Waals surface area contributed by atoms with Crippen molar-refractivity contribution in [2.75, 3.05) is 13.6 Å². The van der Waals surface area contributed by atoms with Crippen molar-refractivity contribution in [2.24, 2.45) is 0 Å². The van der Waals surface area contributed by atoms with Gasteiger partial charge in [0.05, 0.1) is 0 Å². The normalized spacial score (nSPS) is 18.5. The number of likely N-dealkylation sites (N-methyl/N-ethyl adjacent to an activating group) is 1. The van der Waals surface area contributed by atoms with E-state index < -0.39 is 0 Å². The summed E-state index contributed by atoms with van der Waals surface area (Å²) in [7, 11) is 1.98. The van der Waals surface area contributed by atoms with Crippen LogP contribution >= 0.6 is 22.6 Å². The van der Waals surface area contributed by atoms with E-state index in [2.05, 4.69) is 33.6 Å². The first-order valence-corrected chi connectivity index (χ1v) is 4.48. The maximum Gasteiger partial charge on any atom is 0.152 e. The molecule has 1 aliphatic rings. The number of hydrogen-bond acceptors (Lipinski definition) is 2. The molecule has 1 rings (SSSR count). The van der Waals surface area contributed by atoms with E-state index in [1.165, 1.54) is 0 Å². The fraction of sp³-hybridized carbons (Fsp3) is 0.375. The quantitative estimate of drug-likeness (QED) is 0.530. The lowest BCUT2D eigenvalue weighted by molar-refractivity contribution is -0.104. The summed E-state index contributed by atoms with van der Waals surface area (Å²) in [6.45, 7) is 2.87. The Morgan fingerprint density at radius 1 is 1.73 bits per heavy atom. The fourth-order valence-electron chi connectivity index (χ4n) is 0.984. The van der Waals surface area contributed by atoms with Gasteiger partial charge in [0.15, 0.2) is 6.29 Å². The van der Waals surface area contributed by atoms with Gasteiger partial charge in [-0.3, -0.25) is 4.79 Å². The van der Waals surface area contributed by atoms with Gasteiger partial charge in [-0.05, 0) is 29.5 Å².